The van der Waals surface area contributed by atoms with Gasteiger partial charge in [-0.1, -0.05) is 85.8 Å². The Kier molecular flexibility index (Phi) is 10.4. The van der Waals surface area contributed by atoms with Crippen molar-refractivity contribution < 1.29 is 22.8 Å². The lowest BCUT2D eigenvalue weighted by molar-refractivity contribution is -0.137. The Labute approximate surface area is 262 Å². The van der Waals surface area contributed by atoms with E-state index in [0.717, 1.165) is 61.5 Å². The quantitative estimate of drug-likeness (QED) is 0.182. The van der Waals surface area contributed by atoms with Crippen LogP contribution in [0.3, 0.4) is 0 Å². The van der Waals surface area contributed by atoms with Crippen LogP contribution >= 0.6 is 0 Å². The van der Waals surface area contributed by atoms with E-state index in [2.05, 4.69) is 15.1 Å². The summed E-state index contributed by atoms with van der Waals surface area (Å²) in [6.07, 6.45) is -3.33. The lowest BCUT2D eigenvalue weighted by atomic mass is 9.93. The van der Waals surface area contributed by atoms with Gasteiger partial charge in [0.25, 0.3) is 0 Å². The normalized spacial score (nSPS) is 14.6. The Morgan fingerprint density at radius 1 is 0.800 bits per heavy atom. The van der Waals surface area contributed by atoms with Crippen LogP contribution in [0.5, 0.6) is 0 Å². The zero-order valence-electron chi connectivity index (χ0n) is 25.4. The maximum Gasteiger partial charge on any atom is 0.416 e. The summed E-state index contributed by atoms with van der Waals surface area (Å²) in [5.41, 5.74) is 3.92. The molecule has 5 nitrogen and oxygen atoms in total. The lowest BCUT2D eigenvalue weighted by Crippen LogP contribution is -2.49. The van der Waals surface area contributed by atoms with Crippen molar-refractivity contribution in [3.05, 3.63) is 125 Å². The van der Waals surface area contributed by atoms with Gasteiger partial charge in [0.2, 0.25) is 5.91 Å². The summed E-state index contributed by atoms with van der Waals surface area (Å²) in [5, 5.41) is 3.07. The number of ketones is 1. The molecule has 4 aromatic rings. The second kappa shape index (κ2) is 14.6. The van der Waals surface area contributed by atoms with Gasteiger partial charge >= 0.3 is 6.18 Å². The van der Waals surface area contributed by atoms with Gasteiger partial charge in [-0.3, -0.25) is 14.5 Å². The molecule has 1 N–H and O–H groups in total. The van der Waals surface area contributed by atoms with E-state index in [1.165, 1.54) is 12.1 Å². The van der Waals surface area contributed by atoms with Crippen LogP contribution in [0.2, 0.25) is 0 Å². The van der Waals surface area contributed by atoms with E-state index >= 15 is 0 Å². The van der Waals surface area contributed by atoms with Crippen molar-refractivity contribution in [1.29, 1.82) is 0 Å². The van der Waals surface area contributed by atoms with E-state index < -0.39 is 11.7 Å². The van der Waals surface area contributed by atoms with Gasteiger partial charge in [-0.15, -0.1) is 0 Å². The number of halogens is 3. The molecule has 0 aliphatic carbocycles. The molecule has 1 aliphatic heterocycles. The number of benzene rings is 4. The summed E-state index contributed by atoms with van der Waals surface area (Å²) in [6.45, 7) is 6.73. The number of hydrogen-bond acceptors (Lipinski definition) is 4. The highest BCUT2D eigenvalue weighted by molar-refractivity contribution is 6.03. The van der Waals surface area contributed by atoms with Crippen molar-refractivity contribution in [3.63, 3.8) is 0 Å². The number of amides is 1. The average Bonchev–Trinajstić information content (AvgIpc) is 3.07. The highest BCUT2D eigenvalue weighted by atomic mass is 19.4. The van der Waals surface area contributed by atoms with E-state index in [-0.39, 0.29) is 24.0 Å². The van der Waals surface area contributed by atoms with Crippen molar-refractivity contribution in [1.82, 2.24) is 10.2 Å². The van der Waals surface area contributed by atoms with Crippen LogP contribution in [-0.4, -0.2) is 55.9 Å². The molecule has 234 valence electrons. The number of hydrogen-bond donors (Lipinski definition) is 1. The Bertz CT molecular complexity index is 1560. The molecule has 0 bridgehead atoms. The van der Waals surface area contributed by atoms with Gasteiger partial charge in [-0.2, -0.15) is 13.2 Å². The van der Waals surface area contributed by atoms with Crippen LogP contribution < -0.4 is 10.2 Å². The molecule has 4 aromatic carbocycles. The van der Waals surface area contributed by atoms with Crippen molar-refractivity contribution in [2.75, 3.05) is 44.2 Å². The summed E-state index contributed by atoms with van der Waals surface area (Å²) in [6, 6.07) is 29.9. The first-order chi connectivity index (χ1) is 21.7. The summed E-state index contributed by atoms with van der Waals surface area (Å²) in [7, 11) is 0. The Hall–Kier alpha value is -4.43. The zero-order chi connectivity index (χ0) is 31.8. The Morgan fingerprint density at radius 2 is 1.44 bits per heavy atom. The molecule has 0 spiro atoms. The van der Waals surface area contributed by atoms with Crippen LogP contribution in [0.4, 0.5) is 18.9 Å². The molecule has 8 heteroatoms. The molecular weight excluding hydrogens is 575 g/mol. The first-order valence-corrected chi connectivity index (χ1v) is 15.4. The zero-order valence-corrected chi connectivity index (χ0v) is 25.4. The third-order valence-corrected chi connectivity index (χ3v) is 8.30. The predicted octanol–water partition coefficient (Wildman–Crippen LogP) is 7.23. The average molecular weight is 614 g/mol. The molecule has 1 atom stereocenters. The van der Waals surface area contributed by atoms with Crippen LogP contribution in [0.15, 0.2) is 103 Å². The molecule has 0 radical (unpaired) electrons. The molecule has 0 aromatic heterocycles. The summed E-state index contributed by atoms with van der Waals surface area (Å²) in [4.78, 5) is 31.0. The summed E-state index contributed by atoms with van der Waals surface area (Å²) < 4.78 is 39.1. The Morgan fingerprint density at radius 3 is 2.09 bits per heavy atom. The van der Waals surface area contributed by atoms with Crippen molar-refractivity contribution in [2.24, 2.45) is 0 Å². The molecular formula is C37H38F3N3O2. The van der Waals surface area contributed by atoms with E-state index in [4.69, 9.17) is 0 Å². The van der Waals surface area contributed by atoms with Gasteiger partial charge in [0.15, 0.2) is 5.78 Å². The van der Waals surface area contributed by atoms with Crippen LogP contribution in [0.25, 0.3) is 11.1 Å². The number of nitrogens with zero attached hydrogens (tertiary/aromatic N) is 2. The largest absolute Gasteiger partial charge is 0.416 e. The minimum Gasteiger partial charge on any atom is -0.369 e. The van der Waals surface area contributed by atoms with Crippen LogP contribution in [0, 0.1) is 0 Å². The number of Topliss-reactive ketones (excluding diaryl/α,β-unsaturated/α-hetero) is 1. The van der Waals surface area contributed by atoms with Gasteiger partial charge in [-0.25, -0.2) is 0 Å². The Balaban J connectivity index is 1.19. The molecule has 1 unspecified atom stereocenters. The monoisotopic (exact) mass is 613 g/mol. The summed E-state index contributed by atoms with van der Waals surface area (Å²) in [5.74, 6) is -0.245. The third-order valence-electron chi connectivity index (χ3n) is 8.30. The highest BCUT2D eigenvalue weighted by Gasteiger charge is 2.30. The number of nitrogens with one attached hydrogen (secondary N) is 1. The number of anilines is 1. The number of carbonyl (C=O) groups excluding carboxylic acids is 2. The SMILES string of the molecule is CCCNC(=O)C(CN1CCN(c2ccc(CC(=O)c3ccccc3-c3ccc(C(F)(F)F)cc3)cc2)CC1)c1ccccc1. The van der Waals surface area contributed by atoms with Crippen molar-refractivity contribution in [3.8, 4) is 11.1 Å². The number of piperazine rings is 1. The summed E-state index contributed by atoms with van der Waals surface area (Å²) >= 11 is 0. The second-order valence-electron chi connectivity index (χ2n) is 11.4. The molecule has 1 aliphatic rings. The maximum atomic E-state index is 13.3. The molecule has 1 amide bonds. The van der Waals surface area contributed by atoms with Crippen LogP contribution in [-0.2, 0) is 17.4 Å². The van der Waals surface area contributed by atoms with Crippen LogP contribution in [0.1, 0.15) is 46.3 Å². The molecule has 5 rings (SSSR count). The van der Waals surface area contributed by atoms with Crippen molar-refractivity contribution in [2.45, 2.75) is 31.9 Å². The van der Waals surface area contributed by atoms with E-state index in [9.17, 15) is 22.8 Å². The third kappa shape index (κ3) is 8.19. The standard InChI is InChI=1S/C37H38F3N3O2/c1-2-20-41-36(45)34(28-8-4-3-5-9-28)26-42-21-23-43(24-22-42)31-18-12-27(13-19-31)25-35(44)33-11-7-6-10-32(33)29-14-16-30(17-15-29)37(38,39)40/h3-19,34H,2,20-26H2,1H3,(H,41,45). The molecule has 1 fully saturated rings. The minimum absolute atomic E-state index is 0.0672. The van der Waals surface area contributed by atoms with Gasteiger partial charge in [0.1, 0.15) is 0 Å². The number of rotatable bonds is 11. The predicted molar refractivity (Wildman–Crippen MR) is 172 cm³/mol. The molecule has 45 heavy (non-hydrogen) atoms. The van der Waals surface area contributed by atoms with Gasteiger partial charge in [0, 0.05) is 56.9 Å². The fourth-order valence-corrected chi connectivity index (χ4v) is 5.77. The fraction of sp³-hybridized carbons (Fsp3) is 0.297. The van der Waals surface area contributed by atoms with Gasteiger partial charge in [-0.05, 0) is 52.9 Å². The first kappa shape index (κ1) is 32.0. The van der Waals surface area contributed by atoms with Crippen molar-refractivity contribution >= 4 is 17.4 Å². The molecule has 1 saturated heterocycles. The van der Waals surface area contributed by atoms with E-state index in [1.54, 1.807) is 24.3 Å². The second-order valence-corrected chi connectivity index (χ2v) is 11.4. The molecule has 0 saturated carbocycles. The lowest BCUT2D eigenvalue weighted by Gasteiger charge is -2.37. The topological polar surface area (TPSA) is 52.7 Å². The van der Waals surface area contributed by atoms with Gasteiger partial charge in [0.05, 0.1) is 11.5 Å². The van der Waals surface area contributed by atoms with E-state index in [0.29, 0.717) is 29.8 Å². The van der Waals surface area contributed by atoms with Gasteiger partial charge < -0.3 is 10.2 Å². The number of carbonyl (C=O) groups is 2. The number of alkyl halides is 3. The maximum absolute atomic E-state index is 13.3. The first-order valence-electron chi connectivity index (χ1n) is 15.4. The highest BCUT2D eigenvalue weighted by Crippen LogP contribution is 2.32. The smallest absolute Gasteiger partial charge is 0.369 e. The van der Waals surface area contributed by atoms with E-state index in [1.807, 2.05) is 61.5 Å². The fourth-order valence-electron chi connectivity index (χ4n) is 5.77. The molecule has 1 heterocycles. The minimum atomic E-state index is -4.41.